The maximum Gasteiger partial charge on any atom is 0.151 e. The van der Waals surface area contributed by atoms with Crippen molar-refractivity contribution in [2.24, 2.45) is 0 Å². The fourth-order valence-electron chi connectivity index (χ4n) is 0.967. The molecule has 0 atom stereocenters. The molecule has 0 spiro atoms. The van der Waals surface area contributed by atoms with Gasteiger partial charge in [-0.1, -0.05) is 17.7 Å². The molecule has 0 saturated heterocycles. The van der Waals surface area contributed by atoms with Crippen molar-refractivity contribution in [3.05, 3.63) is 41.7 Å². The van der Waals surface area contributed by atoms with Gasteiger partial charge in [-0.25, -0.2) is 0 Å². The molecule has 0 bridgehead atoms. The minimum Gasteiger partial charge on any atom is -0.255 e. The summed E-state index contributed by atoms with van der Waals surface area (Å²) in [5, 5.41) is 8.02. The lowest BCUT2D eigenvalue weighted by atomic mass is 10.2. The van der Waals surface area contributed by atoms with E-state index in [2.05, 4.69) is 15.2 Å². The Morgan fingerprint density at radius 2 is 1.85 bits per heavy atom. The minimum absolute atomic E-state index is 0.389. The molecule has 13 heavy (non-hydrogen) atoms. The van der Waals surface area contributed by atoms with Crippen LogP contribution in [0.1, 0.15) is 0 Å². The second-order valence-corrected chi connectivity index (χ2v) is 2.84. The highest BCUT2D eigenvalue weighted by molar-refractivity contribution is 6.29. The van der Waals surface area contributed by atoms with Gasteiger partial charge in [0.05, 0.1) is 5.69 Å². The molecule has 2 rings (SSSR count). The summed E-state index contributed by atoms with van der Waals surface area (Å²) in [5.41, 5.74) is 1.52. The lowest BCUT2D eigenvalue weighted by Crippen LogP contribution is -1.88. The summed E-state index contributed by atoms with van der Waals surface area (Å²) >= 11 is 5.61. The third kappa shape index (κ3) is 1.81. The number of nitrogens with zero attached hydrogens (tertiary/aromatic N) is 3. The highest BCUT2D eigenvalue weighted by Crippen LogP contribution is 2.13. The molecule has 2 heterocycles. The van der Waals surface area contributed by atoms with Crippen LogP contribution in [0.4, 0.5) is 0 Å². The van der Waals surface area contributed by atoms with E-state index < -0.39 is 0 Å². The van der Waals surface area contributed by atoms with Crippen LogP contribution in [0, 0.1) is 0 Å². The Labute approximate surface area is 80.4 Å². The first kappa shape index (κ1) is 8.13. The van der Waals surface area contributed by atoms with E-state index in [4.69, 9.17) is 11.6 Å². The van der Waals surface area contributed by atoms with E-state index >= 15 is 0 Å². The van der Waals surface area contributed by atoms with Crippen molar-refractivity contribution in [1.29, 1.82) is 0 Å². The maximum absolute atomic E-state index is 5.61. The maximum atomic E-state index is 5.61. The Bertz CT molecular complexity index is 385. The molecule has 3 nitrogen and oxygen atoms in total. The summed E-state index contributed by atoms with van der Waals surface area (Å²) in [6.45, 7) is 0. The number of hydrogen-bond donors (Lipinski definition) is 0. The molecular weight excluding hydrogens is 186 g/mol. The van der Waals surface area contributed by atoms with Crippen molar-refractivity contribution >= 4 is 11.6 Å². The first-order valence-electron chi connectivity index (χ1n) is 3.77. The first-order valence-corrected chi connectivity index (χ1v) is 4.15. The van der Waals surface area contributed by atoms with Crippen molar-refractivity contribution in [2.45, 2.75) is 0 Å². The van der Waals surface area contributed by atoms with Gasteiger partial charge < -0.3 is 0 Å². The van der Waals surface area contributed by atoms with Gasteiger partial charge in [-0.2, -0.15) is 0 Å². The zero-order chi connectivity index (χ0) is 9.10. The van der Waals surface area contributed by atoms with E-state index in [1.165, 1.54) is 0 Å². The van der Waals surface area contributed by atoms with Crippen LogP contribution in [0.2, 0.25) is 5.15 Å². The lowest BCUT2D eigenvalue weighted by molar-refractivity contribution is 1.03. The monoisotopic (exact) mass is 191 g/mol. The Hall–Kier alpha value is -1.48. The van der Waals surface area contributed by atoms with Gasteiger partial charge in [0.25, 0.3) is 0 Å². The quantitative estimate of drug-likeness (QED) is 0.694. The standard InChI is InChI=1S/C9H6ClN3/c10-9-5-4-8(12-13-9)7-3-1-2-6-11-7/h1-6H. The number of rotatable bonds is 1. The van der Waals surface area contributed by atoms with Crippen LogP contribution >= 0.6 is 11.6 Å². The molecule has 0 N–H and O–H groups in total. The van der Waals surface area contributed by atoms with Gasteiger partial charge in [-0.3, -0.25) is 4.98 Å². The van der Waals surface area contributed by atoms with Crippen LogP contribution in [0.5, 0.6) is 0 Å². The molecule has 0 unspecified atom stereocenters. The van der Waals surface area contributed by atoms with Crippen molar-refractivity contribution in [3.63, 3.8) is 0 Å². The van der Waals surface area contributed by atoms with Crippen molar-refractivity contribution < 1.29 is 0 Å². The van der Waals surface area contributed by atoms with Gasteiger partial charge in [-0.15, -0.1) is 10.2 Å². The van der Waals surface area contributed by atoms with Gasteiger partial charge in [0, 0.05) is 6.20 Å². The molecule has 0 aliphatic heterocycles. The molecular formula is C9H6ClN3. The van der Waals surface area contributed by atoms with Gasteiger partial charge in [-0.05, 0) is 24.3 Å². The number of halogens is 1. The summed E-state index contributed by atoms with van der Waals surface area (Å²) in [5.74, 6) is 0. The highest BCUT2D eigenvalue weighted by atomic mass is 35.5. The smallest absolute Gasteiger partial charge is 0.151 e. The molecule has 4 heteroatoms. The van der Waals surface area contributed by atoms with Crippen LogP contribution < -0.4 is 0 Å². The zero-order valence-electron chi connectivity index (χ0n) is 6.68. The number of pyridine rings is 1. The van der Waals surface area contributed by atoms with Crippen LogP contribution in [-0.2, 0) is 0 Å². The summed E-state index contributed by atoms with van der Waals surface area (Å²) in [6, 6.07) is 9.11. The van der Waals surface area contributed by atoms with Crippen molar-refractivity contribution in [1.82, 2.24) is 15.2 Å². The number of aromatic nitrogens is 3. The summed E-state index contributed by atoms with van der Waals surface area (Å²) in [4.78, 5) is 4.13. The fraction of sp³-hybridized carbons (Fsp3) is 0. The highest BCUT2D eigenvalue weighted by Gasteiger charge is 1.99. The molecule has 64 valence electrons. The third-order valence-electron chi connectivity index (χ3n) is 1.56. The summed E-state index contributed by atoms with van der Waals surface area (Å²) in [6.07, 6.45) is 1.71. The Morgan fingerprint density at radius 3 is 2.46 bits per heavy atom. The molecule has 0 radical (unpaired) electrons. The van der Waals surface area contributed by atoms with Gasteiger partial charge in [0.2, 0.25) is 0 Å². The van der Waals surface area contributed by atoms with Crippen LogP contribution in [0.25, 0.3) is 11.4 Å². The zero-order valence-corrected chi connectivity index (χ0v) is 7.44. The van der Waals surface area contributed by atoms with E-state index in [1.807, 2.05) is 18.2 Å². The topological polar surface area (TPSA) is 38.7 Å². The van der Waals surface area contributed by atoms with E-state index in [9.17, 15) is 0 Å². The molecule has 0 aromatic carbocycles. The van der Waals surface area contributed by atoms with Gasteiger partial charge in [0.1, 0.15) is 5.69 Å². The molecule has 2 aromatic heterocycles. The largest absolute Gasteiger partial charge is 0.255 e. The predicted octanol–water partition coefficient (Wildman–Crippen LogP) is 2.19. The Balaban J connectivity index is 2.42. The summed E-state index contributed by atoms with van der Waals surface area (Å²) in [7, 11) is 0. The molecule has 0 saturated carbocycles. The van der Waals surface area contributed by atoms with Gasteiger partial charge >= 0.3 is 0 Å². The third-order valence-corrected chi connectivity index (χ3v) is 1.76. The SMILES string of the molecule is Clc1ccc(-c2ccccn2)nn1. The van der Waals surface area contributed by atoms with Crippen molar-refractivity contribution in [2.75, 3.05) is 0 Å². The van der Waals surface area contributed by atoms with Crippen LogP contribution in [0.3, 0.4) is 0 Å². The van der Waals surface area contributed by atoms with E-state index in [0.29, 0.717) is 5.15 Å². The molecule has 0 amide bonds. The molecule has 0 fully saturated rings. The predicted molar refractivity (Wildman–Crippen MR) is 50.3 cm³/mol. The Morgan fingerprint density at radius 1 is 0.923 bits per heavy atom. The molecule has 0 aliphatic carbocycles. The van der Waals surface area contributed by atoms with Gasteiger partial charge in [0.15, 0.2) is 5.15 Å². The number of hydrogen-bond acceptors (Lipinski definition) is 3. The van der Waals surface area contributed by atoms with E-state index in [1.54, 1.807) is 18.3 Å². The van der Waals surface area contributed by atoms with E-state index in [-0.39, 0.29) is 0 Å². The fourth-order valence-corrected chi connectivity index (χ4v) is 1.07. The average molecular weight is 192 g/mol. The van der Waals surface area contributed by atoms with E-state index in [0.717, 1.165) is 11.4 Å². The second-order valence-electron chi connectivity index (χ2n) is 2.46. The average Bonchev–Trinajstić information content (AvgIpc) is 2.20. The normalized spacial score (nSPS) is 9.92. The first-order chi connectivity index (χ1) is 6.36. The van der Waals surface area contributed by atoms with Crippen molar-refractivity contribution in [3.8, 4) is 11.4 Å². The lowest BCUT2D eigenvalue weighted by Gasteiger charge is -1.96. The van der Waals surface area contributed by atoms with Crippen LogP contribution in [-0.4, -0.2) is 15.2 Å². The summed E-state index contributed by atoms with van der Waals surface area (Å²) < 4.78 is 0. The molecule has 2 aromatic rings. The minimum atomic E-state index is 0.389. The Kier molecular flexibility index (Phi) is 2.19. The second kappa shape index (κ2) is 3.49. The molecule has 0 aliphatic rings. The van der Waals surface area contributed by atoms with Crippen LogP contribution in [0.15, 0.2) is 36.5 Å².